The van der Waals surface area contributed by atoms with Gasteiger partial charge in [-0.25, -0.2) is 0 Å². The smallest absolute Gasteiger partial charge is 0.265 e. The van der Waals surface area contributed by atoms with Crippen molar-refractivity contribution in [1.29, 1.82) is 0 Å². The third-order valence-electron chi connectivity index (χ3n) is 3.22. The van der Waals surface area contributed by atoms with Crippen LogP contribution in [-0.4, -0.2) is 35.6 Å². The van der Waals surface area contributed by atoms with E-state index in [9.17, 15) is 4.79 Å². The summed E-state index contributed by atoms with van der Waals surface area (Å²) in [6.45, 7) is 7.85. The van der Waals surface area contributed by atoms with Crippen LogP contribution in [0, 0.1) is 17.8 Å². The Balaban J connectivity index is 2.86. The van der Waals surface area contributed by atoms with Crippen LogP contribution < -0.4 is 0 Å². The second kappa shape index (κ2) is 8.78. The molecular formula is C16H23NO2S. The van der Waals surface area contributed by atoms with Crippen LogP contribution in [0.3, 0.4) is 0 Å². The van der Waals surface area contributed by atoms with Crippen molar-refractivity contribution in [2.24, 2.45) is 5.92 Å². The predicted molar refractivity (Wildman–Crippen MR) is 83.9 cm³/mol. The van der Waals surface area contributed by atoms with Crippen molar-refractivity contribution < 1.29 is 9.90 Å². The number of rotatable bonds is 6. The highest BCUT2D eigenvalue weighted by Gasteiger charge is 2.19. The van der Waals surface area contributed by atoms with E-state index >= 15 is 0 Å². The lowest BCUT2D eigenvalue weighted by Gasteiger charge is -2.23. The number of hydrogen-bond acceptors (Lipinski definition) is 3. The summed E-state index contributed by atoms with van der Waals surface area (Å²) in [5.41, 5.74) is 0.774. The van der Waals surface area contributed by atoms with Gasteiger partial charge < -0.3 is 10.0 Å². The van der Waals surface area contributed by atoms with Gasteiger partial charge in [0.25, 0.3) is 5.91 Å². The first-order valence-electron chi connectivity index (χ1n) is 7.10. The van der Waals surface area contributed by atoms with Crippen molar-refractivity contribution >= 4 is 17.2 Å². The van der Waals surface area contributed by atoms with E-state index in [1.54, 1.807) is 0 Å². The number of nitrogens with zero attached hydrogens (tertiary/aromatic N) is 1. The monoisotopic (exact) mass is 293 g/mol. The number of carbonyl (C=O) groups excluding carboxylic acids is 1. The van der Waals surface area contributed by atoms with Gasteiger partial charge >= 0.3 is 0 Å². The van der Waals surface area contributed by atoms with Gasteiger partial charge in [0.15, 0.2) is 0 Å². The molecular weight excluding hydrogens is 270 g/mol. The van der Waals surface area contributed by atoms with Gasteiger partial charge in [-0.2, -0.15) is 0 Å². The van der Waals surface area contributed by atoms with Crippen LogP contribution in [0.4, 0.5) is 0 Å². The maximum atomic E-state index is 12.6. The van der Waals surface area contributed by atoms with Crippen LogP contribution in [0.25, 0.3) is 0 Å². The molecule has 0 saturated carbocycles. The van der Waals surface area contributed by atoms with Gasteiger partial charge in [-0.05, 0) is 24.3 Å². The Morgan fingerprint density at radius 2 is 2.25 bits per heavy atom. The minimum Gasteiger partial charge on any atom is -0.395 e. The summed E-state index contributed by atoms with van der Waals surface area (Å²) >= 11 is 1.44. The van der Waals surface area contributed by atoms with E-state index in [-0.39, 0.29) is 12.5 Å². The molecule has 0 radical (unpaired) electrons. The average Bonchev–Trinajstić information content (AvgIpc) is 2.92. The molecule has 4 heteroatoms. The number of thiophene rings is 1. The number of hydrogen-bond donors (Lipinski definition) is 1. The van der Waals surface area contributed by atoms with Crippen LogP contribution in [0.15, 0.2) is 11.4 Å². The molecule has 0 spiro atoms. The maximum Gasteiger partial charge on any atom is 0.265 e. The van der Waals surface area contributed by atoms with Crippen LogP contribution in [-0.2, 0) is 0 Å². The standard InChI is InChI=1S/C16H23NO2S/c1-4-13(3)12-17(5-2)16(19)15-14(9-11-20-15)8-6-7-10-18/h9,11,13,18H,4-5,7,10,12H2,1-3H3. The summed E-state index contributed by atoms with van der Waals surface area (Å²) < 4.78 is 0. The Hall–Kier alpha value is -1.31. The van der Waals surface area contributed by atoms with E-state index in [1.807, 2.05) is 23.3 Å². The van der Waals surface area contributed by atoms with E-state index in [0.29, 0.717) is 23.8 Å². The zero-order valence-corrected chi connectivity index (χ0v) is 13.3. The highest BCUT2D eigenvalue weighted by Crippen LogP contribution is 2.19. The summed E-state index contributed by atoms with van der Waals surface area (Å²) in [4.78, 5) is 15.2. The zero-order chi connectivity index (χ0) is 15.0. The molecule has 110 valence electrons. The van der Waals surface area contributed by atoms with Crippen molar-refractivity contribution in [2.75, 3.05) is 19.7 Å². The normalized spacial score (nSPS) is 11.6. The van der Waals surface area contributed by atoms with Gasteiger partial charge in [-0.15, -0.1) is 11.3 Å². The number of carbonyl (C=O) groups is 1. The second-order valence-corrected chi connectivity index (χ2v) is 5.71. The average molecular weight is 293 g/mol. The molecule has 1 heterocycles. The van der Waals surface area contributed by atoms with Crippen molar-refractivity contribution in [3.8, 4) is 11.8 Å². The highest BCUT2D eigenvalue weighted by molar-refractivity contribution is 7.12. The van der Waals surface area contributed by atoms with Crippen molar-refractivity contribution in [1.82, 2.24) is 4.90 Å². The van der Waals surface area contributed by atoms with Crippen LogP contribution >= 0.6 is 11.3 Å². The molecule has 0 bridgehead atoms. The SMILES string of the molecule is CCC(C)CN(CC)C(=O)c1sccc1C#CCCO. The highest BCUT2D eigenvalue weighted by atomic mass is 32.1. The largest absolute Gasteiger partial charge is 0.395 e. The fourth-order valence-electron chi connectivity index (χ4n) is 1.79. The first-order chi connectivity index (χ1) is 9.63. The number of aliphatic hydroxyl groups excluding tert-OH is 1. The predicted octanol–water partition coefficient (Wildman–Crippen LogP) is 2.99. The van der Waals surface area contributed by atoms with E-state index in [1.165, 1.54) is 11.3 Å². The molecule has 0 aliphatic carbocycles. The molecule has 1 aromatic heterocycles. The molecule has 0 fully saturated rings. The van der Waals surface area contributed by atoms with Gasteiger partial charge in [0, 0.05) is 25.1 Å². The van der Waals surface area contributed by atoms with Gasteiger partial charge in [-0.1, -0.05) is 32.1 Å². The quantitative estimate of drug-likeness (QED) is 0.819. The van der Waals surface area contributed by atoms with Crippen molar-refractivity contribution in [3.63, 3.8) is 0 Å². The van der Waals surface area contributed by atoms with Crippen molar-refractivity contribution in [2.45, 2.75) is 33.6 Å². The van der Waals surface area contributed by atoms with Gasteiger partial charge in [0.05, 0.1) is 6.61 Å². The third-order valence-corrected chi connectivity index (χ3v) is 4.12. The Morgan fingerprint density at radius 3 is 2.85 bits per heavy atom. The summed E-state index contributed by atoms with van der Waals surface area (Å²) in [7, 11) is 0. The molecule has 0 aliphatic rings. The Bertz CT molecular complexity index is 484. The van der Waals surface area contributed by atoms with Gasteiger partial charge in [0.1, 0.15) is 4.88 Å². The lowest BCUT2D eigenvalue weighted by atomic mass is 10.1. The van der Waals surface area contributed by atoms with E-state index in [4.69, 9.17) is 5.11 Å². The molecule has 0 aromatic carbocycles. The topological polar surface area (TPSA) is 40.5 Å². The zero-order valence-electron chi connectivity index (χ0n) is 12.5. The molecule has 1 atom stereocenters. The Kier molecular flexibility index (Phi) is 7.35. The number of aliphatic hydroxyl groups is 1. The summed E-state index contributed by atoms with van der Waals surface area (Å²) in [5.74, 6) is 6.42. The molecule has 0 aliphatic heterocycles. The van der Waals surface area contributed by atoms with Crippen LogP contribution in [0.5, 0.6) is 0 Å². The lowest BCUT2D eigenvalue weighted by molar-refractivity contribution is 0.0745. The van der Waals surface area contributed by atoms with Gasteiger partial charge in [-0.3, -0.25) is 4.79 Å². The molecule has 3 nitrogen and oxygen atoms in total. The Morgan fingerprint density at radius 1 is 1.50 bits per heavy atom. The van der Waals surface area contributed by atoms with E-state index < -0.39 is 0 Å². The summed E-state index contributed by atoms with van der Waals surface area (Å²) in [6.07, 6.45) is 1.51. The number of amides is 1. The minimum atomic E-state index is 0.0511. The van der Waals surface area contributed by atoms with E-state index in [2.05, 4.69) is 25.7 Å². The fraction of sp³-hybridized carbons (Fsp3) is 0.562. The molecule has 0 saturated heterocycles. The summed E-state index contributed by atoms with van der Waals surface area (Å²) in [5, 5.41) is 10.6. The van der Waals surface area contributed by atoms with Crippen LogP contribution in [0.1, 0.15) is 48.8 Å². The Labute approximate surface area is 125 Å². The van der Waals surface area contributed by atoms with E-state index in [0.717, 1.165) is 18.5 Å². The molecule has 1 rings (SSSR count). The van der Waals surface area contributed by atoms with Crippen LogP contribution in [0.2, 0.25) is 0 Å². The maximum absolute atomic E-state index is 12.6. The third kappa shape index (κ3) is 4.66. The molecule has 1 aromatic rings. The molecule has 1 amide bonds. The summed E-state index contributed by atoms with van der Waals surface area (Å²) in [6, 6.07) is 1.87. The molecule has 1 unspecified atom stereocenters. The minimum absolute atomic E-state index is 0.0511. The first kappa shape index (κ1) is 16.7. The van der Waals surface area contributed by atoms with Crippen molar-refractivity contribution in [3.05, 3.63) is 21.9 Å². The van der Waals surface area contributed by atoms with Gasteiger partial charge in [0.2, 0.25) is 0 Å². The first-order valence-corrected chi connectivity index (χ1v) is 7.98. The fourth-order valence-corrected chi connectivity index (χ4v) is 2.61. The lowest BCUT2D eigenvalue weighted by Crippen LogP contribution is -2.34. The molecule has 1 N–H and O–H groups in total. The molecule has 20 heavy (non-hydrogen) atoms. The second-order valence-electron chi connectivity index (χ2n) is 4.80.